The number of benzene rings is 1. The quantitative estimate of drug-likeness (QED) is 0.731. The largest absolute Gasteiger partial charge is 0.383 e. The van der Waals surface area contributed by atoms with Gasteiger partial charge >= 0.3 is 0 Å². The van der Waals surface area contributed by atoms with Crippen LogP contribution < -0.4 is 5.32 Å². The third-order valence-electron chi connectivity index (χ3n) is 4.45. The van der Waals surface area contributed by atoms with Gasteiger partial charge in [0.15, 0.2) is 0 Å². The second kappa shape index (κ2) is 8.72. The molecule has 21 heavy (non-hydrogen) atoms. The summed E-state index contributed by atoms with van der Waals surface area (Å²) in [6.07, 6.45) is 6.18. The van der Waals surface area contributed by atoms with Gasteiger partial charge < -0.3 is 10.1 Å². The Labute approximate surface area is 132 Å². The van der Waals surface area contributed by atoms with Crippen molar-refractivity contribution in [2.24, 2.45) is 11.8 Å². The molecule has 2 rings (SSSR count). The average molecular weight is 314 g/mol. The number of nitrogens with one attached hydrogen (secondary N) is 1. The first-order chi connectivity index (χ1) is 10.2. The first-order valence-corrected chi connectivity index (χ1v) is 8.22. The fourth-order valence-electron chi connectivity index (χ4n) is 3.27. The van der Waals surface area contributed by atoms with Crippen molar-refractivity contribution in [3.63, 3.8) is 0 Å². The Kier molecular flexibility index (Phi) is 6.94. The van der Waals surface area contributed by atoms with Crippen molar-refractivity contribution in [3.05, 3.63) is 34.6 Å². The van der Waals surface area contributed by atoms with Crippen molar-refractivity contribution in [1.82, 2.24) is 5.32 Å². The minimum Gasteiger partial charge on any atom is -0.383 e. The molecule has 1 unspecified atom stereocenters. The van der Waals surface area contributed by atoms with E-state index in [2.05, 4.69) is 5.32 Å². The lowest BCUT2D eigenvalue weighted by Gasteiger charge is -2.24. The molecule has 0 bridgehead atoms. The van der Waals surface area contributed by atoms with Gasteiger partial charge in [-0.05, 0) is 42.5 Å². The Morgan fingerprint density at radius 3 is 2.81 bits per heavy atom. The normalized spacial score (nSPS) is 17.3. The van der Waals surface area contributed by atoms with Crippen LogP contribution in [0.3, 0.4) is 0 Å². The number of halogens is 2. The summed E-state index contributed by atoms with van der Waals surface area (Å²) in [7, 11) is 1.72. The zero-order chi connectivity index (χ0) is 15.1. The number of ether oxygens (including phenoxy) is 1. The summed E-state index contributed by atoms with van der Waals surface area (Å²) < 4.78 is 18.2. The van der Waals surface area contributed by atoms with Crippen molar-refractivity contribution in [2.75, 3.05) is 26.8 Å². The van der Waals surface area contributed by atoms with Gasteiger partial charge in [-0.15, -0.1) is 0 Å². The van der Waals surface area contributed by atoms with Gasteiger partial charge in [-0.3, -0.25) is 0 Å². The first-order valence-electron chi connectivity index (χ1n) is 7.84. The highest BCUT2D eigenvalue weighted by Gasteiger charge is 2.25. The number of rotatable bonds is 8. The summed E-state index contributed by atoms with van der Waals surface area (Å²) in [5.74, 6) is 1.05. The van der Waals surface area contributed by atoms with Gasteiger partial charge in [0, 0.05) is 18.7 Å². The summed E-state index contributed by atoms with van der Waals surface area (Å²) in [4.78, 5) is 0. The predicted octanol–water partition coefficient (Wildman–Crippen LogP) is 4.06. The summed E-state index contributed by atoms with van der Waals surface area (Å²) in [5, 5.41) is 4.02. The number of methoxy groups -OCH3 is 1. The third-order valence-corrected chi connectivity index (χ3v) is 4.81. The van der Waals surface area contributed by atoms with Crippen LogP contribution in [0.2, 0.25) is 5.02 Å². The fourth-order valence-corrected chi connectivity index (χ4v) is 3.51. The smallest absolute Gasteiger partial charge is 0.124 e. The zero-order valence-corrected chi connectivity index (χ0v) is 13.5. The fraction of sp³-hybridized carbons (Fsp3) is 0.647. The van der Waals surface area contributed by atoms with E-state index < -0.39 is 0 Å². The van der Waals surface area contributed by atoms with E-state index in [0.29, 0.717) is 10.9 Å². The van der Waals surface area contributed by atoms with Crippen molar-refractivity contribution in [3.8, 4) is 0 Å². The Morgan fingerprint density at radius 2 is 2.14 bits per heavy atom. The van der Waals surface area contributed by atoms with Crippen LogP contribution in [0.1, 0.15) is 31.2 Å². The van der Waals surface area contributed by atoms with Crippen molar-refractivity contribution in [2.45, 2.75) is 32.1 Å². The minimum atomic E-state index is -0.264. The van der Waals surface area contributed by atoms with Crippen LogP contribution in [0.4, 0.5) is 4.39 Å². The lowest BCUT2D eigenvalue weighted by molar-refractivity contribution is 0.195. The summed E-state index contributed by atoms with van der Waals surface area (Å²) in [6, 6.07) is 4.75. The van der Waals surface area contributed by atoms with Gasteiger partial charge in [0.1, 0.15) is 5.82 Å². The molecule has 0 radical (unpaired) electrons. The van der Waals surface area contributed by atoms with Gasteiger partial charge in [-0.25, -0.2) is 4.39 Å². The highest BCUT2D eigenvalue weighted by molar-refractivity contribution is 6.31. The molecular formula is C17H25ClFNO. The molecule has 0 heterocycles. The monoisotopic (exact) mass is 313 g/mol. The van der Waals surface area contributed by atoms with Gasteiger partial charge in [-0.2, -0.15) is 0 Å². The van der Waals surface area contributed by atoms with E-state index in [9.17, 15) is 4.39 Å². The second-order valence-corrected chi connectivity index (χ2v) is 6.35. The predicted molar refractivity (Wildman–Crippen MR) is 85.3 cm³/mol. The first kappa shape index (κ1) is 16.7. The van der Waals surface area contributed by atoms with Crippen molar-refractivity contribution < 1.29 is 9.13 Å². The molecule has 1 N–H and O–H groups in total. The summed E-state index contributed by atoms with van der Waals surface area (Å²) in [6.45, 7) is 2.58. The van der Waals surface area contributed by atoms with Gasteiger partial charge in [0.05, 0.1) is 6.61 Å². The van der Waals surface area contributed by atoms with Crippen molar-refractivity contribution >= 4 is 11.6 Å². The van der Waals surface area contributed by atoms with Crippen LogP contribution in [0.5, 0.6) is 0 Å². The average Bonchev–Trinajstić information content (AvgIpc) is 2.98. The van der Waals surface area contributed by atoms with E-state index in [0.717, 1.165) is 37.6 Å². The maximum absolute atomic E-state index is 13.2. The third kappa shape index (κ3) is 5.24. The number of hydrogen-bond donors (Lipinski definition) is 1. The van der Waals surface area contributed by atoms with E-state index in [1.165, 1.54) is 37.8 Å². The molecule has 2 nitrogen and oxygen atoms in total. The Bertz CT molecular complexity index is 435. The highest BCUT2D eigenvalue weighted by Crippen LogP contribution is 2.34. The Hall–Kier alpha value is -0.640. The van der Waals surface area contributed by atoms with Crippen LogP contribution >= 0.6 is 11.6 Å². The van der Waals surface area contributed by atoms with Crippen molar-refractivity contribution in [1.29, 1.82) is 0 Å². The lowest BCUT2D eigenvalue weighted by atomic mass is 9.85. The molecule has 1 saturated carbocycles. The molecule has 1 fully saturated rings. The molecule has 0 aromatic heterocycles. The maximum atomic E-state index is 13.2. The molecule has 1 aromatic carbocycles. The SMILES string of the molecule is COCCNCC(Cc1ccc(F)cc1Cl)C1CCCC1. The molecule has 0 saturated heterocycles. The maximum Gasteiger partial charge on any atom is 0.124 e. The van der Waals surface area contributed by atoms with Crippen LogP contribution in [0.25, 0.3) is 0 Å². The lowest BCUT2D eigenvalue weighted by Crippen LogP contribution is -2.31. The molecule has 4 heteroatoms. The molecule has 0 amide bonds. The van der Waals surface area contributed by atoms with Gasteiger partial charge in [0.2, 0.25) is 0 Å². The van der Waals surface area contributed by atoms with Crippen LogP contribution in [-0.4, -0.2) is 26.8 Å². The molecule has 0 spiro atoms. The highest BCUT2D eigenvalue weighted by atomic mass is 35.5. The van der Waals surface area contributed by atoms with Gasteiger partial charge in [0.25, 0.3) is 0 Å². The summed E-state index contributed by atoms with van der Waals surface area (Å²) in [5.41, 5.74) is 1.06. The number of hydrogen-bond acceptors (Lipinski definition) is 2. The second-order valence-electron chi connectivity index (χ2n) is 5.94. The zero-order valence-electron chi connectivity index (χ0n) is 12.7. The van der Waals surface area contributed by atoms with E-state index >= 15 is 0 Å². The molecule has 0 aliphatic heterocycles. The standard InChI is InChI=1S/C17H25ClFNO/c1-21-9-8-20-12-15(13-4-2-3-5-13)10-14-6-7-16(19)11-17(14)18/h6-7,11,13,15,20H,2-5,8-10,12H2,1H3. The van der Waals surface area contributed by atoms with E-state index in [4.69, 9.17) is 16.3 Å². The molecule has 1 aliphatic carbocycles. The topological polar surface area (TPSA) is 21.3 Å². The van der Waals surface area contributed by atoms with E-state index in [1.807, 2.05) is 6.07 Å². The van der Waals surface area contributed by atoms with E-state index in [1.54, 1.807) is 7.11 Å². The molecule has 1 aromatic rings. The molecule has 1 atom stereocenters. The van der Waals surface area contributed by atoms with Crippen LogP contribution in [0, 0.1) is 17.7 Å². The Morgan fingerprint density at radius 1 is 1.38 bits per heavy atom. The summed E-state index contributed by atoms with van der Waals surface area (Å²) >= 11 is 6.18. The van der Waals surface area contributed by atoms with Crippen LogP contribution in [-0.2, 0) is 11.2 Å². The minimum absolute atomic E-state index is 0.264. The molecule has 1 aliphatic rings. The Balaban J connectivity index is 1.96. The molecular weight excluding hydrogens is 289 g/mol. The molecule has 118 valence electrons. The van der Waals surface area contributed by atoms with Gasteiger partial charge in [-0.1, -0.05) is 43.4 Å². The van der Waals surface area contributed by atoms with Crippen LogP contribution in [0.15, 0.2) is 18.2 Å². The van der Waals surface area contributed by atoms with E-state index in [-0.39, 0.29) is 5.82 Å².